The van der Waals surface area contributed by atoms with Crippen LogP contribution >= 0.6 is 15.9 Å². The van der Waals surface area contributed by atoms with Gasteiger partial charge in [-0.2, -0.15) is 0 Å². The fourth-order valence-electron chi connectivity index (χ4n) is 2.36. The lowest BCUT2D eigenvalue weighted by atomic mass is 9.82. The van der Waals surface area contributed by atoms with E-state index in [4.69, 9.17) is 0 Å². The smallest absolute Gasteiger partial charge is 0.316 e. The number of benzene rings is 1. The Bertz CT molecular complexity index is 568. The van der Waals surface area contributed by atoms with Gasteiger partial charge in [0, 0.05) is 16.2 Å². The van der Waals surface area contributed by atoms with Gasteiger partial charge in [0.15, 0.2) is 5.78 Å². The Kier molecular flexibility index (Phi) is 4.60. The predicted molar refractivity (Wildman–Crippen MR) is 80.1 cm³/mol. The highest BCUT2D eigenvalue weighted by Gasteiger charge is 2.35. The number of anilines is 1. The number of allylic oxidation sites excluding steroid dienone is 2. The first-order chi connectivity index (χ1) is 9.52. The van der Waals surface area contributed by atoms with Crippen LogP contribution in [0.25, 0.3) is 0 Å². The van der Waals surface area contributed by atoms with Crippen LogP contribution in [-0.4, -0.2) is 18.9 Å². The van der Waals surface area contributed by atoms with Crippen LogP contribution in [0.3, 0.4) is 0 Å². The molecule has 5 heteroatoms. The Morgan fingerprint density at radius 2 is 2.10 bits per heavy atom. The molecule has 0 bridgehead atoms. The zero-order chi connectivity index (χ0) is 14.7. The molecule has 106 valence electrons. The van der Waals surface area contributed by atoms with E-state index in [9.17, 15) is 9.59 Å². The number of esters is 1. The second kappa shape index (κ2) is 6.22. The monoisotopic (exact) mass is 337 g/mol. The van der Waals surface area contributed by atoms with E-state index in [1.807, 2.05) is 31.2 Å². The van der Waals surface area contributed by atoms with Crippen molar-refractivity contribution in [2.75, 3.05) is 12.4 Å². The number of rotatable bonds is 3. The number of carbonyl (C=O) groups excluding carboxylic acids is 2. The number of methoxy groups -OCH3 is 1. The van der Waals surface area contributed by atoms with Crippen LogP contribution in [0.1, 0.15) is 13.3 Å². The maximum atomic E-state index is 12.1. The van der Waals surface area contributed by atoms with Crippen LogP contribution < -0.4 is 5.32 Å². The SMILES string of the molecule is COC(=O)[C@@H]1C(=O)C=C(Nc2ccccc2Br)C[C@H]1C. The van der Waals surface area contributed by atoms with E-state index in [2.05, 4.69) is 26.0 Å². The van der Waals surface area contributed by atoms with Gasteiger partial charge in [0.2, 0.25) is 0 Å². The Morgan fingerprint density at radius 3 is 2.70 bits per heavy atom. The number of carbonyl (C=O) groups is 2. The first-order valence-electron chi connectivity index (χ1n) is 6.36. The molecule has 1 aliphatic carbocycles. The standard InChI is InChI=1S/C15H16BrNO3/c1-9-7-10(8-13(18)14(9)15(19)20-2)17-12-6-4-3-5-11(12)16/h3-6,8-9,14,17H,7H2,1-2H3/t9-,14+/m1/s1. The van der Waals surface area contributed by atoms with Gasteiger partial charge < -0.3 is 10.1 Å². The van der Waals surface area contributed by atoms with Crippen molar-refractivity contribution in [3.8, 4) is 0 Å². The van der Waals surface area contributed by atoms with Gasteiger partial charge in [-0.05, 0) is 40.4 Å². The van der Waals surface area contributed by atoms with Crippen LogP contribution in [0, 0.1) is 11.8 Å². The normalized spacial score (nSPS) is 22.1. The lowest BCUT2D eigenvalue weighted by Crippen LogP contribution is -2.34. The highest BCUT2D eigenvalue weighted by atomic mass is 79.9. The molecule has 0 spiro atoms. The third-order valence-electron chi connectivity index (χ3n) is 3.36. The summed E-state index contributed by atoms with van der Waals surface area (Å²) in [6.45, 7) is 1.88. The molecule has 0 radical (unpaired) electrons. The van der Waals surface area contributed by atoms with Crippen LogP contribution in [0.15, 0.2) is 40.5 Å². The summed E-state index contributed by atoms with van der Waals surface area (Å²) in [5, 5.41) is 3.23. The van der Waals surface area contributed by atoms with Crippen molar-refractivity contribution in [1.29, 1.82) is 0 Å². The number of hydrogen-bond donors (Lipinski definition) is 1. The van der Waals surface area contributed by atoms with Gasteiger partial charge in [0.05, 0.1) is 12.8 Å². The number of ketones is 1. The maximum Gasteiger partial charge on any atom is 0.316 e. The quantitative estimate of drug-likeness (QED) is 0.680. The number of halogens is 1. The van der Waals surface area contributed by atoms with Gasteiger partial charge in [-0.15, -0.1) is 0 Å². The van der Waals surface area contributed by atoms with E-state index in [0.717, 1.165) is 15.9 Å². The molecule has 0 aromatic heterocycles. The molecule has 1 aromatic rings. The summed E-state index contributed by atoms with van der Waals surface area (Å²) in [5.74, 6) is -1.43. The molecule has 20 heavy (non-hydrogen) atoms. The molecule has 0 unspecified atom stereocenters. The lowest BCUT2D eigenvalue weighted by Gasteiger charge is -2.26. The fourth-order valence-corrected chi connectivity index (χ4v) is 2.75. The second-order valence-corrected chi connectivity index (χ2v) is 5.71. The Labute approximate surface area is 126 Å². The lowest BCUT2D eigenvalue weighted by molar-refractivity contribution is -0.150. The minimum atomic E-state index is -0.690. The zero-order valence-electron chi connectivity index (χ0n) is 11.4. The third kappa shape index (κ3) is 3.10. The van der Waals surface area contributed by atoms with Crippen molar-refractivity contribution in [3.05, 3.63) is 40.5 Å². The largest absolute Gasteiger partial charge is 0.468 e. The van der Waals surface area contributed by atoms with Crippen molar-refractivity contribution < 1.29 is 14.3 Å². The molecule has 0 heterocycles. The minimum Gasteiger partial charge on any atom is -0.468 e. The van der Waals surface area contributed by atoms with Crippen molar-refractivity contribution in [2.45, 2.75) is 13.3 Å². The highest BCUT2D eigenvalue weighted by molar-refractivity contribution is 9.10. The second-order valence-electron chi connectivity index (χ2n) is 4.86. The van der Waals surface area contributed by atoms with Crippen molar-refractivity contribution in [3.63, 3.8) is 0 Å². The van der Waals surface area contributed by atoms with E-state index in [1.54, 1.807) is 0 Å². The van der Waals surface area contributed by atoms with Gasteiger partial charge in [-0.1, -0.05) is 19.1 Å². The first kappa shape index (κ1) is 14.8. The van der Waals surface area contributed by atoms with Crippen molar-refractivity contribution in [2.24, 2.45) is 11.8 Å². The third-order valence-corrected chi connectivity index (χ3v) is 4.05. The molecule has 0 saturated heterocycles. The molecule has 2 atom stereocenters. The van der Waals surface area contributed by atoms with Gasteiger partial charge >= 0.3 is 5.97 Å². The zero-order valence-corrected chi connectivity index (χ0v) is 12.9. The maximum absolute atomic E-state index is 12.1. The summed E-state index contributed by atoms with van der Waals surface area (Å²) in [6, 6.07) is 7.69. The molecular weight excluding hydrogens is 322 g/mol. The van der Waals surface area contributed by atoms with Gasteiger partial charge in [-0.25, -0.2) is 0 Å². The molecule has 4 nitrogen and oxygen atoms in total. The van der Waals surface area contributed by atoms with Crippen LogP contribution in [0.2, 0.25) is 0 Å². The van der Waals surface area contributed by atoms with E-state index in [1.165, 1.54) is 13.2 Å². The van der Waals surface area contributed by atoms with Crippen LogP contribution in [0.4, 0.5) is 5.69 Å². The number of ether oxygens (including phenoxy) is 1. The van der Waals surface area contributed by atoms with Gasteiger partial charge in [-0.3, -0.25) is 9.59 Å². The van der Waals surface area contributed by atoms with Crippen molar-refractivity contribution >= 4 is 33.4 Å². The molecule has 0 aliphatic heterocycles. The van der Waals surface area contributed by atoms with Crippen molar-refractivity contribution in [1.82, 2.24) is 0 Å². The summed E-state index contributed by atoms with van der Waals surface area (Å²) in [7, 11) is 1.31. The fraction of sp³-hybridized carbons (Fsp3) is 0.333. The van der Waals surface area contributed by atoms with E-state index < -0.39 is 11.9 Å². The highest BCUT2D eigenvalue weighted by Crippen LogP contribution is 2.30. The summed E-state index contributed by atoms with van der Waals surface area (Å²) >= 11 is 3.45. The molecule has 1 aliphatic rings. The Hall–Kier alpha value is -1.62. The van der Waals surface area contributed by atoms with Gasteiger partial charge in [0.1, 0.15) is 5.92 Å². The molecular formula is C15H16BrNO3. The summed E-state index contributed by atoms with van der Waals surface area (Å²) in [6.07, 6.45) is 2.13. The average Bonchev–Trinajstić information content (AvgIpc) is 2.40. The molecule has 1 N–H and O–H groups in total. The summed E-state index contributed by atoms with van der Waals surface area (Å²) in [4.78, 5) is 23.7. The van der Waals surface area contributed by atoms with E-state index in [0.29, 0.717) is 6.42 Å². The summed E-state index contributed by atoms with van der Waals surface area (Å²) < 4.78 is 5.61. The van der Waals surface area contributed by atoms with E-state index >= 15 is 0 Å². The first-order valence-corrected chi connectivity index (χ1v) is 7.16. The summed E-state index contributed by atoms with van der Waals surface area (Å²) in [5.41, 5.74) is 1.71. The topological polar surface area (TPSA) is 55.4 Å². The van der Waals surface area contributed by atoms with Crippen LogP contribution in [-0.2, 0) is 14.3 Å². The van der Waals surface area contributed by atoms with E-state index in [-0.39, 0.29) is 11.7 Å². The predicted octanol–water partition coefficient (Wildman–Crippen LogP) is 3.14. The molecule has 0 fully saturated rings. The van der Waals surface area contributed by atoms with Crippen LogP contribution in [0.5, 0.6) is 0 Å². The Balaban J connectivity index is 2.18. The Morgan fingerprint density at radius 1 is 1.40 bits per heavy atom. The van der Waals surface area contributed by atoms with Gasteiger partial charge in [0.25, 0.3) is 0 Å². The minimum absolute atomic E-state index is 0.0788. The molecule has 0 saturated carbocycles. The molecule has 2 rings (SSSR count). The average molecular weight is 338 g/mol. The number of hydrogen-bond acceptors (Lipinski definition) is 4. The number of nitrogens with one attached hydrogen (secondary N) is 1. The number of para-hydroxylation sites is 1. The molecule has 1 aromatic carbocycles. The molecule has 0 amide bonds.